The van der Waals surface area contributed by atoms with Gasteiger partial charge < -0.3 is 15.5 Å². The molecule has 0 unspecified atom stereocenters. The standard InChI is InChI=1S/C17H27N3O/c1-13(2)19(3)12-14-7-9-20(10-8-14)17(21)15-5-4-6-16(18)11-15/h4-6,11,13-14H,7-10,12,18H2,1-3H3. The van der Waals surface area contributed by atoms with Crippen molar-refractivity contribution in [2.45, 2.75) is 32.7 Å². The lowest BCUT2D eigenvalue weighted by Gasteiger charge is -2.35. The van der Waals surface area contributed by atoms with E-state index < -0.39 is 0 Å². The summed E-state index contributed by atoms with van der Waals surface area (Å²) in [6.07, 6.45) is 2.18. The van der Waals surface area contributed by atoms with Crippen molar-refractivity contribution < 1.29 is 4.79 Å². The van der Waals surface area contributed by atoms with Crippen LogP contribution in [0.15, 0.2) is 24.3 Å². The van der Waals surface area contributed by atoms with Crippen LogP contribution in [0.25, 0.3) is 0 Å². The van der Waals surface area contributed by atoms with E-state index in [1.807, 2.05) is 23.1 Å². The molecular formula is C17H27N3O. The average Bonchev–Trinajstić information content (AvgIpc) is 2.47. The van der Waals surface area contributed by atoms with Gasteiger partial charge in [-0.25, -0.2) is 0 Å². The Bertz CT molecular complexity index is 479. The largest absolute Gasteiger partial charge is 0.399 e. The predicted octanol–water partition coefficient (Wildman–Crippen LogP) is 2.46. The van der Waals surface area contributed by atoms with Crippen molar-refractivity contribution in [3.8, 4) is 0 Å². The van der Waals surface area contributed by atoms with Gasteiger partial charge in [-0.05, 0) is 57.9 Å². The summed E-state index contributed by atoms with van der Waals surface area (Å²) in [5.41, 5.74) is 7.10. The van der Waals surface area contributed by atoms with Crippen LogP contribution in [-0.4, -0.2) is 48.4 Å². The van der Waals surface area contributed by atoms with Gasteiger partial charge in [-0.3, -0.25) is 4.79 Å². The number of carbonyl (C=O) groups excluding carboxylic acids is 1. The van der Waals surface area contributed by atoms with Crippen LogP contribution >= 0.6 is 0 Å². The highest BCUT2D eigenvalue weighted by Gasteiger charge is 2.24. The van der Waals surface area contributed by atoms with Gasteiger partial charge in [0.25, 0.3) is 5.91 Å². The number of piperidine rings is 1. The third-order valence-corrected chi connectivity index (χ3v) is 4.46. The number of nitrogens with two attached hydrogens (primary N) is 1. The third-order valence-electron chi connectivity index (χ3n) is 4.46. The Balaban J connectivity index is 1.87. The minimum Gasteiger partial charge on any atom is -0.399 e. The number of amides is 1. The van der Waals surface area contributed by atoms with E-state index in [1.54, 1.807) is 6.07 Å². The van der Waals surface area contributed by atoms with Gasteiger partial charge in [-0.2, -0.15) is 0 Å². The number of anilines is 1. The summed E-state index contributed by atoms with van der Waals surface area (Å²) in [7, 11) is 2.18. The summed E-state index contributed by atoms with van der Waals surface area (Å²) in [5, 5.41) is 0. The maximum atomic E-state index is 12.4. The molecule has 4 nitrogen and oxygen atoms in total. The maximum Gasteiger partial charge on any atom is 0.253 e. The van der Waals surface area contributed by atoms with Crippen molar-refractivity contribution >= 4 is 11.6 Å². The average molecular weight is 289 g/mol. The molecule has 0 spiro atoms. The fraction of sp³-hybridized carbons (Fsp3) is 0.588. The van der Waals surface area contributed by atoms with Gasteiger partial charge in [-0.1, -0.05) is 6.07 Å². The van der Waals surface area contributed by atoms with Crippen LogP contribution in [0.4, 0.5) is 5.69 Å². The quantitative estimate of drug-likeness (QED) is 0.866. The first-order chi connectivity index (χ1) is 9.97. The second-order valence-corrected chi connectivity index (χ2v) is 6.39. The highest BCUT2D eigenvalue weighted by molar-refractivity contribution is 5.95. The SMILES string of the molecule is CC(C)N(C)CC1CCN(C(=O)c2cccc(N)c2)CC1. The van der Waals surface area contributed by atoms with Gasteiger partial charge in [-0.15, -0.1) is 0 Å². The van der Waals surface area contributed by atoms with Crippen molar-refractivity contribution in [1.82, 2.24) is 9.80 Å². The van der Waals surface area contributed by atoms with Crippen molar-refractivity contribution in [3.63, 3.8) is 0 Å². The van der Waals surface area contributed by atoms with E-state index in [0.717, 1.165) is 32.5 Å². The van der Waals surface area contributed by atoms with Gasteiger partial charge in [0.05, 0.1) is 0 Å². The molecule has 1 saturated heterocycles. The number of hydrogen-bond acceptors (Lipinski definition) is 3. The van der Waals surface area contributed by atoms with Crippen LogP contribution in [0.3, 0.4) is 0 Å². The van der Waals surface area contributed by atoms with E-state index in [0.29, 0.717) is 23.2 Å². The zero-order valence-electron chi connectivity index (χ0n) is 13.4. The smallest absolute Gasteiger partial charge is 0.253 e. The number of benzene rings is 1. The van der Waals surface area contributed by atoms with Gasteiger partial charge in [0.1, 0.15) is 0 Å². The van der Waals surface area contributed by atoms with Gasteiger partial charge in [0, 0.05) is 36.9 Å². The lowest BCUT2D eigenvalue weighted by atomic mass is 9.95. The van der Waals surface area contributed by atoms with E-state index in [4.69, 9.17) is 5.73 Å². The first-order valence-electron chi connectivity index (χ1n) is 7.82. The fourth-order valence-electron chi connectivity index (χ4n) is 2.79. The van der Waals surface area contributed by atoms with Crippen molar-refractivity contribution in [3.05, 3.63) is 29.8 Å². The van der Waals surface area contributed by atoms with Crippen molar-refractivity contribution in [2.75, 3.05) is 32.4 Å². The Morgan fingerprint density at radius 2 is 2.05 bits per heavy atom. The molecule has 0 bridgehead atoms. The van der Waals surface area contributed by atoms with Gasteiger partial charge in [0.15, 0.2) is 0 Å². The summed E-state index contributed by atoms with van der Waals surface area (Å²) in [5.74, 6) is 0.806. The Hall–Kier alpha value is -1.55. The molecule has 4 heteroatoms. The van der Waals surface area contributed by atoms with Crippen LogP contribution in [-0.2, 0) is 0 Å². The molecular weight excluding hydrogens is 262 g/mol. The second-order valence-electron chi connectivity index (χ2n) is 6.39. The molecule has 1 aliphatic rings. The maximum absolute atomic E-state index is 12.4. The highest BCUT2D eigenvalue weighted by Crippen LogP contribution is 2.21. The number of rotatable bonds is 4. The molecule has 0 atom stereocenters. The van der Waals surface area contributed by atoms with Gasteiger partial charge in [0.2, 0.25) is 0 Å². The molecule has 0 aliphatic carbocycles. The van der Waals surface area contributed by atoms with Crippen LogP contribution in [0.1, 0.15) is 37.0 Å². The first-order valence-corrected chi connectivity index (χ1v) is 7.82. The highest BCUT2D eigenvalue weighted by atomic mass is 16.2. The number of carbonyl (C=O) groups is 1. The molecule has 0 radical (unpaired) electrons. The zero-order valence-corrected chi connectivity index (χ0v) is 13.4. The Morgan fingerprint density at radius 1 is 1.38 bits per heavy atom. The summed E-state index contributed by atoms with van der Waals surface area (Å²) in [6, 6.07) is 7.84. The Morgan fingerprint density at radius 3 is 2.62 bits per heavy atom. The third kappa shape index (κ3) is 4.21. The van der Waals surface area contributed by atoms with E-state index in [-0.39, 0.29) is 5.91 Å². The van der Waals surface area contributed by atoms with Gasteiger partial charge >= 0.3 is 0 Å². The van der Waals surface area contributed by atoms with Crippen LogP contribution < -0.4 is 5.73 Å². The summed E-state index contributed by atoms with van der Waals surface area (Å²) < 4.78 is 0. The normalized spacial score (nSPS) is 16.7. The molecule has 0 saturated carbocycles. The Kier molecular flexibility index (Phi) is 5.23. The molecule has 2 rings (SSSR count). The molecule has 1 aromatic rings. The minimum absolute atomic E-state index is 0.109. The summed E-state index contributed by atoms with van der Waals surface area (Å²) in [6.45, 7) is 7.27. The topological polar surface area (TPSA) is 49.6 Å². The molecule has 1 heterocycles. The molecule has 2 N–H and O–H groups in total. The molecule has 1 aliphatic heterocycles. The predicted molar refractivity (Wildman–Crippen MR) is 87.2 cm³/mol. The molecule has 1 amide bonds. The fourth-order valence-corrected chi connectivity index (χ4v) is 2.79. The lowest BCUT2D eigenvalue weighted by molar-refractivity contribution is 0.0666. The number of nitrogens with zero attached hydrogens (tertiary/aromatic N) is 2. The summed E-state index contributed by atoms with van der Waals surface area (Å²) >= 11 is 0. The molecule has 0 aromatic heterocycles. The second kappa shape index (κ2) is 6.94. The minimum atomic E-state index is 0.109. The molecule has 1 aromatic carbocycles. The number of hydrogen-bond donors (Lipinski definition) is 1. The number of likely N-dealkylation sites (tertiary alicyclic amines) is 1. The zero-order chi connectivity index (χ0) is 15.4. The monoisotopic (exact) mass is 289 g/mol. The lowest BCUT2D eigenvalue weighted by Crippen LogP contribution is -2.42. The van der Waals surface area contributed by atoms with Crippen molar-refractivity contribution in [2.24, 2.45) is 5.92 Å². The van der Waals surface area contributed by atoms with Crippen LogP contribution in [0.5, 0.6) is 0 Å². The van der Waals surface area contributed by atoms with E-state index in [2.05, 4.69) is 25.8 Å². The van der Waals surface area contributed by atoms with Crippen LogP contribution in [0, 0.1) is 5.92 Å². The van der Waals surface area contributed by atoms with Crippen LogP contribution in [0.2, 0.25) is 0 Å². The van der Waals surface area contributed by atoms with E-state index >= 15 is 0 Å². The van der Waals surface area contributed by atoms with E-state index in [9.17, 15) is 4.79 Å². The van der Waals surface area contributed by atoms with E-state index in [1.165, 1.54) is 0 Å². The molecule has 21 heavy (non-hydrogen) atoms. The number of nitrogen functional groups attached to an aromatic ring is 1. The van der Waals surface area contributed by atoms with Crippen molar-refractivity contribution in [1.29, 1.82) is 0 Å². The Labute approximate surface area is 127 Å². The first kappa shape index (κ1) is 15.8. The molecule has 116 valence electrons. The summed E-state index contributed by atoms with van der Waals surface area (Å²) in [4.78, 5) is 16.8. The molecule has 1 fully saturated rings.